The summed E-state index contributed by atoms with van der Waals surface area (Å²) in [6, 6.07) is 0. The number of thiazole rings is 1. The van der Waals surface area contributed by atoms with E-state index in [1.807, 2.05) is 6.92 Å². The highest BCUT2D eigenvalue weighted by molar-refractivity contribution is 7.13. The molecule has 20 heavy (non-hydrogen) atoms. The Hall–Kier alpha value is -1.43. The average molecular weight is 296 g/mol. The van der Waals surface area contributed by atoms with Gasteiger partial charge < -0.3 is 10.4 Å². The molecule has 2 N–H and O–H groups in total. The second-order valence-corrected chi connectivity index (χ2v) is 6.43. The Morgan fingerprint density at radius 3 is 2.70 bits per heavy atom. The number of nitrogens with zero attached hydrogens (tertiary/aromatic N) is 1. The first-order valence-corrected chi connectivity index (χ1v) is 7.79. The summed E-state index contributed by atoms with van der Waals surface area (Å²) in [7, 11) is 0. The highest BCUT2D eigenvalue weighted by Crippen LogP contribution is 2.37. The van der Waals surface area contributed by atoms with Gasteiger partial charge in [0.2, 0.25) is 0 Å². The lowest BCUT2D eigenvalue weighted by Crippen LogP contribution is -2.31. The Labute approximate surface area is 122 Å². The van der Waals surface area contributed by atoms with Crippen LogP contribution in [0.2, 0.25) is 0 Å². The quantitative estimate of drug-likeness (QED) is 0.875. The summed E-state index contributed by atoms with van der Waals surface area (Å²) in [6.45, 7) is 3.56. The number of carbonyl (C=O) groups is 2. The number of amides is 1. The van der Waals surface area contributed by atoms with E-state index < -0.39 is 11.9 Å². The smallest absolute Gasteiger partial charge is 0.308 e. The van der Waals surface area contributed by atoms with Crippen LogP contribution in [0, 0.1) is 12.8 Å². The average Bonchev–Trinajstić information content (AvgIpc) is 3.04. The summed E-state index contributed by atoms with van der Waals surface area (Å²) in [5.41, 5.74) is 0.748. The molecule has 0 spiro atoms. The lowest BCUT2D eigenvalue weighted by molar-refractivity contribution is -0.140. The van der Waals surface area contributed by atoms with Crippen molar-refractivity contribution in [3.8, 4) is 0 Å². The third-order valence-corrected chi connectivity index (χ3v) is 5.03. The summed E-state index contributed by atoms with van der Waals surface area (Å²) >= 11 is 1.45. The first kappa shape index (κ1) is 15.0. The molecule has 1 saturated carbocycles. The second kappa shape index (κ2) is 6.35. The predicted octanol–water partition coefficient (Wildman–Crippen LogP) is 2.56. The number of carboxylic acid groups (broad SMARTS) is 1. The van der Waals surface area contributed by atoms with Crippen LogP contribution in [0.5, 0.6) is 0 Å². The monoisotopic (exact) mass is 296 g/mol. The Morgan fingerprint density at radius 2 is 2.10 bits per heavy atom. The fraction of sp³-hybridized carbons (Fsp3) is 0.643. The largest absolute Gasteiger partial charge is 0.481 e. The van der Waals surface area contributed by atoms with Crippen LogP contribution in [0.4, 0.5) is 0 Å². The van der Waals surface area contributed by atoms with Crippen molar-refractivity contribution < 1.29 is 14.7 Å². The minimum atomic E-state index is -0.905. The van der Waals surface area contributed by atoms with Crippen molar-refractivity contribution in [1.29, 1.82) is 0 Å². The van der Waals surface area contributed by atoms with E-state index in [1.165, 1.54) is 24.2 Å². The van der Waals surface area contributed by atoms with E-state index in [9.17, 15) is 9.59 Å². The highest BCUT2D eigenvalue weighted by atomic mass is 32.1. The minimum absolute atomic E-state index is 0.143. The number of carbonyl (C=O) groups excluding carboxylic acids is 1. The molecule has 1 unspecified atom stereocenters. The normalized spacial score (nSPS) is 17.1. The van der Waals surface area contributed by atoms with Crippen LogP contribution in [0.15, 0.2) is 0 Å². The number of hydrogen-bond donors (Lipinski definition) is 2. The molecule has 1 atom stereocenters. The van der Waals surface area contributed by atoms with Gasteiger partial charge in [-0.05, 0) is 19.8 Å². The maximum atomic E-state index is 12.1. The molecule has 1 aliphatic rings. The van der Waals surface area contributed by atoms with Crippen molar-refractivity contribution in [1.82, 2.24) is 10.3 Å². The van der Waals surface area contributed by atoms with Gasteiger partial charge in [0.05, 0.1) is 16.6 Å². The van der Waals surface area contributed by atoms with Gasteiger partial charge in [-0.3, -0.25) is 9.59 Å². The van der Waals surface area contributed by atoms with Crippen molar-refractivity contribution in [3.63, 3.8) is 0 Å². The molecule has 5 nitrogen and oxygen atoms in total. The standard InChI is InChI=1S/C14H20N2O3S/c1-8(14(18)19)7-15-12(17)11-9(2)16-13(20-11)10-5-3-4-6-10/h8,10H,3-7H2,1-2H3,(H,15,17)(H,18,19). The Kier molecular flexibility index (Phi) is 4.75. The van der Waals surface area contributed by atoms with Gasteiger partial charge in [-0.25, -0.2) is 4.98 Å². The SMILES string of the molecule is Cc1nc(C2CCCC2)sc1C(=O)NCC(C)C(=O)O. The summed E-state index contributed by atoms with van der Waals surface area (Å²) < 4.78 is 0. The lowest BCUT2D eigenvalue weighted by Gasteiger charge is -2.07. The van der Waals surface area contributed by atoms with Crippen LogP contribution in [0.3, 0.4) is 0 Å². The van der Waals surface area contributed by atoms with Crippen LogP contribution >= 0.6 is 11.3 Å². The number of nitrogens with one attached hydrogen (secondary N) is 1. The molecular formula is C14H20N2O3S. The van der Waals surface area contributed by atoms with Crippen LogP contribution in [0.25, 0.3) is 0 Å². The van der Waals surface area contributed by atoms with E-state index in [-0.39, 0.29) is 12.5 Å². The van der Waals surface area contributed by atoms with Gasteiger partial charge in [0.1, 0.15) is 4.88 Å². The molecule has 1 heterocycles. The van der Waals surface area contributed by atoms with E-state index in [1.54, 1.807) is 6.92 Å². The van der Waals surface area contributed by atoms with Gasteiger partial charge in [0.25, 0.3) is 5.91 Å². The van der Waals surface area contributed by atoms with Crippen LogP contribution in [0.1, 0.15) is 58.9 Å². The van der Waals surface area contributed by atoms with Crippen LogP contribution in [-0.2, 0) is 4.79 Å². The van der Waals surface area contributed by atoms with Crippen molar-refractivity contribution in [2.75, 3.05) is 6.54 Å². The highest BCUT2D eigenvalue weighted by Gasteiger charge is 2.24. The third kappa shape index (κ3) is 3.36. The van der Waals surface area contributed by atoms with E-state index in [2.05, 4.69) is 10.3 Å². The van der Waals surface area contributed by atoms with Gasteiger partial charge >= 0.3 is 5.97 Å². The van der Waals surface area contributed by atoms with Gasteiger partial charge in [-0.1, -0.05) is 19.8 Å². The Bertz CT molecular complexity index is 507. The molecule has 0 radical (unpaired) electrons. The molecule has 1 aromatic heterocycles. The maximum Gasteiger partial charge on any atom is 0.308 e. The van der Waals surface area contributed by atoms with Gasteiger partial charge in [-0.2, -0.15) is 0 Å². The molecule has 0 aromatic carbocycles. The molecular weight excluding hydrogens is 276 g/mol. The van der Waals surface area contributed by atoms with E-state index in [0.29, 0.717) is 10.8 Å². The Morgan fingerprint density at radius 1 is 1.45 bits per heavy atom. The lowest BCUT2D eigenvalue weighted by atomic mass is 10.1. The predicted molar refractivity (Wildman–Crippen MR) is 77.2 cm³/mol. The van der Waals surface area contributed by atoms with E-state index >= 15 is 0 Å². The fourth-order valence-corrected chi connectivity index (χ4v) is 3.54. The van der Waals surface area contributed by atoms with Crippen molar-refractivity contribution in [2.45, 2.75) is 45.4 Å². The molecule has 1 amide bonds. The zero-order valence-electron chi connectivity index (χ0n) is 11.8. The van der Waals surface area contributed by atoms with Gasteiger partial charge in [0, 0.05) is 12.5 Å². The van der Waals surface area contributed by atoms with Crippen LogP contribution < -0.4 is 5.32 Å². The molecule has 1 fully saturated rings. The first-order chi connectivity index (χ1) is 9.49. The topological polar surface area (TPSA) is 79.3 Å². The number of aryl methyl sites for hydroxylation is 1. The zero-order chi connectivity index (χ0) is 14.7. The Balaban J connectivity index is 2.00. The van der Waals surface area contributed by atoms with Crippen molar-refractivity contribution >= 4 is 23.2 Å². The van der Waals surface area contributed by atoms with Crippen LogP contribution in [-0.4, -0.2) is 28.5 Å². The van der Waals surface area contributed by atoms with E-state index in [0.717, 1.165) is 23.5 Å². The molecule has 1 aromatic rings. The fourth-order valence-electron chi connectivity index (χ4n) is 2.39. The number of aromatic nitrogens is 1. The van der Waals surface area contributed by atoms with Gasteiger partial charge in [-0.15, -0.1) is 11.3 Å². The number of carboxylic acids is 1. The number of aliphatic carboxylic acids is 1. The zero-order valence-corrected chi connectivity index (χ0v) is 12.6. The first-order valence-electron chi connectivity index (χ1n) is 6.97. The molecule has 0 saturated heterocycles. The molecule has 0 aliphatic heterocycles. The number of hydrogen-bond acceptors (Lipinski definition) is 4. The molecule has 0 bridgehead atoms. The molecule has 1 aliphatic carbocycles. The molecule has 6 heteroatoms. The van der Waals surface area contributed by atoms with Gasteiger partial charge in [0.15, 0.2) is 0 Å². The van der Waals surface area contributed by atoms with Crippen molar-refractivity contribution in [3.05, 3.63) is 15.6 Å². The van der Waals surface area contributed by atoms with Crippen molar-refractivity contribution in [2.24, 2.45) is 5.92 Å². The minimum Gasteiger partial charge on any atom is -0.481 e. The summed E-state index contributed by atoms with van der Waals surface area (Å²) in [6.07, 6.45) is 4.79. The number of rotatable bonds is 5. The molecule has 110 valence electrons. The second-order valence-electron chi connectivity index (χ2n) is 5.40. The summed E-state index contributed by atoms with van der Waals surface area (Å²) in [5.74, 6) is -1.20. The maximum absolute atomic E-state index is 12.1. The summed E-state index contributed by atoms with van der Waals surface area (Å²) in [4.78, 5) is 28.0. The summed E-state index contributed by atoms with van der Waals surface area (Å²) in [5, 5.41) is 12.5. The van der Waals surface area contributed by atoms with E-state index in [4.69, 9.17) is 5.11 Å². The molecule has 2 rings (SSSR count). The third-order valence-electron chi connectivity index (χ3n) is 3.71.